The maximum Gasteiger partial charge on any atom is 0.160 e. The van der Waals surface area contributed by atoms with Crippen molar-refractivity contribution in [3.63, 3.8) is 0 Å². The monoisotopic (exact) mass is 176 g/mol. The first-order valence-corrected chi connectivity index (χ1v) is 4.16. The molecule has 0 aromatic rings. The molecule has 0 saturated carbocycles. The summed E-state index contributed by atoms with van der Waals surface area (Å²) in [4.78, 5) is 0. The Bertz CT molecular complexity index is 139. The molecule has 72 valence electrons. The van der Waals surface area contributed by atoms with Crippen molar-refractivity contribution in [3.8, 4) is 0 Å². The Morgan fingerprint density at radius 3 is 2.75 bits per heavy atom. The van der Waals surface area contributed by atoms with E-state index in [9.17, 15) is 5.11 Å². The first-order valence-electron chi connectivity index (χ1n) is 4.16. The topological polar surface area (TPSA) is 58.9 Å². The van der Waals surface area contributed by atoms with Gasteiger partial charge in [0.2, 0.25) is 0 Å². The van der Waals surface area contributed by atoms with Gasteiger partial charge >= 0.3 is 0 Å². The molecule has 4 nitrogen and oxygen atoms in total. The zero-order chi connectivity index (χ0) is 9.14. The quantitative estimate of drug-likeness (QED) is 0.608. The van der Waals surface area contributed by atoms with E-state index in [0.29, 0.717) is 6.42 Å². The summed E-state index contributed by atoms with van der Waals surface area (Å²) in [5.41, 5.74) is 0. The summed E-state index contributed by atoms with van der Waals surface area (Å²) in [6, 6.07) is 0. The molecule has 1 aliphatic heterocycles. The van der Waals surface area contributed by atoms with Crippen LogP contribution in [-0.4, -0.2) is 42.4 Å². The fourth-order valence-corrected chi connectivity index (χ4v) is 1.40. The van der Waals surface area contributed by atoms with Gasteiger partial charge in [-0.15, -0.1) is 0 Å². The van der Waals surface area contributed by atoms with Crippen molar-refractivity contribution in [2.75, 3.05) is 13.7 Å². The van der Waals surface area contributed by atoms with Crippen LogP contribution in [0.1, 0.15) is 13.3 Å². The van der Waals surface area contributed by atoms with E-state index in [4.69, 9.17) is 14.6 Å². The Balaban J connectivity index is 2.52. The van der Waals surface area contributed by atoms with Crippen LogP contribution in [0.5, 0.6) is 0 Å². The highest BCUT2D eigenvalue weighted by molar-refractivity contribution is 4.79. The zero-order valence-corrected chi connectivity index (χ0v) is 7.43. The average Bonchev–Trinajstić information content (AvgIpc) is 2.09. The molecule has 4 heteroatoms. The molecule has 1 fully saturated rings. The lowest BCUT2D eigenvalue weighted by Gasteiger charge is -2.36. The van der Waals surface area contributed by atoms with E-state index >= 15 is 0 Å². The fraction of sp³-hybridized carbons (Fsp3) is 1.00. The lowest BCUT2D eigenvalue weighted by atomic mass is 9.93. The first-order chi connectivity index (χ1) is 5.69. The van der Waals surface area contributed by atoms with Gasteiger partial charge in [0.15, 0.2) is 6.29 Å². The van der Waals surface area contributed by atoms with Crippen LogP contribution in [-0.2, 0) is 9.47 Å². The van der Waals surface area contributed by atoms with Gasteiger partial charge in [0, 0.05) is 19.4 Å². The van der Waals surface area contributed by atoms with Gasteiger partial charge in [-0.25, -0.2) is 0 Å². The molecular weight excluding hydrogens is 160 g/mol. The zero-order valence-electron chi connectivity index (χ0n) is 7.43. The van der Waals surface area contributed by atoms with E-state index in [-0.39, 0.29) is 24.9 Å². The summed E-state index contributed by atoms with van der Waals surface area (Å²) in [5, 5.41) is 18.4. The minimum atomic E-state index is -0.444. The van der Waals surface area contributed by atoms with Gasteiger partial charge in [-0.1, -0.05) is 6.92 Å². The number of hydrogen-bond donors (Lipinski definition) is 2. The summed E-state index contributed by atoms with van der Waals surface area (Å²) in [6.45, 7) is 1.79. The lowest BCUT2D eigenvalue weighted by Crippen LogP contribution is -2.45. The van der Waals surface area contributed by atoms with E-state index < -0.39 is 6.10 Å². The smallest absolute Gasteiger partial charge is 0.160 e. The minimum Gasteiger partial charge on any atom is -0.394 e. The summed E-state index contributed by atoms with van der Waals surface area (Å²) < 4.78 is 10.3. The van der Waals surface area contributed by atoms with Gasteiger partial charge in [0.1, 0.15) is 0 Å². The molecule has 1 unspecified atom stereocenters. The molecule has 1 heterocycles. The van der Waals surface area contributed by atoms with Crippen molar-refractivity contribution in [1.29, 1.82) is 0 Å². The van der Waals surface area contributed by atoms with Crippen molar-refractivity contribution in [1.82, 2.24) is 0 Å². The van der Waals surface area contributed by atoms with Crippen LogP contribution in [0, 0.1) is 5.92 Å². The number of methoxy groups -OCH3 is 1. The van der Waals surface area contributed by atoms with Crippen molar-refractivity contribution < 1.29 is 19.7 Å². The van der Waals surface area contributed by atoms with Gasteiger partial charge in [-0.2, -0.15) is 0 Å². The van der Waals surface area contributed by atoms with Crippen molar-refractivity contribution >= 4 is 0 Å². The third-order valence-electron chi connectivity index (χ3n) is 2.40. The van der Waals surface area contributed by atoms with E-state index in [2.05, 4.69) is 0 Å². The standard InChI is InChI=1S/C8H16O4/c1-5-6(10)3-8(11-2)12-7(5)4-9/h5-10H,3-4H2,1-2H3/t5-,6+,7?,8+/m0/s1. The molecule has 0 aliphatic carbocycles. The van der Waals surface area contributed by atoms with Crippen molar-refractivity contribution in [2.24, 2.45) is 5.92 Å². The van der Waals surface area contributed by atoms with Crippen LogP contribution in [0.25, 0.3) is 0 Å². The van der Waals surface area contributed by atoms with Crippen LogP contribution in [0.3, 0.4) is 0 Å². The lowest BCUT2D eigenvalue weighted by molar-refractivity contribution is -0.230. The second-order valence-electron chi connectivity index (χ2n) is 3.18. The SMILES string of the molecule is CO[C@H]1C[C@@H](O)[C@H](C)C(CO)O1. The molecule has 0 spiro atoms. The molecule has 0 aromatic heterocycles. The molecule has 4 atom stereocenters. The van der Waals surface area contributed by atoms with Crippen molar-refractivity contribution in [2.45, 2.75) is 31.8 Å². The van der Waals surface area contributed by atoms with E-state index in [1.165, 1.54) is 7.11 Å². The number of hydrogen-bond acceptors (Lipinski definition) is 4. The molecular formula is C8H16O4. The van der Waals surface area contributed by atoms with E-state index in [0.717, 1.165) is 0 Å². The Morgan fingerprint density at radius 1 is 1.58 bits per heavy atom. The predicted octanol–water partition coefficient (Wildman–Crippen LogP) is -0.263. The highest BCUT2D eigenvalue weighted by Crippen LogP contribution is 2.25. The highest BCUT2D eigenvalue weighted by Gasteiger charge is 2.34. The molecule has 0 aromatic carbocycles. The first kappa shape index (κ1) is 9.92. The molecule has 1 aliphatic rings. The maximum atomic E-state index is 9.51. The molecule has 12 heavy (non-hydrogen) atoms. The second kappa shape index (κ2) is 4.18. The number of aliphatic hydroxyl groups excluding tert-OH is 2. The highest BCUT2D eigenvalue weighted by atomic mass is 16.7. The third kappa shape index (κ3) is 1.95. The van der Waals surface area contributed by atoms with Gasteiger partial charge in [0.05, 0.1) is 18.8 Å². The average molecular weight is 176 g/mol. The Hall–Kier alpha value is -0.160. The Morgan fingerprint density at radius 2 is 2.25 bits per heavy atom. The second-order valence-corrected chi connectivity index (χ2v) is 3.18. The summed E-state index contributed by atoms with van der Waals surface area (Å²) in [5.74, 6) is -0.0265. The third-order valence-corrected chi connectivity index (χ3v) is 2.40. The maximum absolute atomic E-state index is 9.51. The van der Waals surface area contributed by atoms with Gasteiger partial charge in [-0.3, -0.25) is 0 Å². The fourth-order valence-electron chi connectivity index (χ4n) is 1.40. The van der Waals surface area contributed by atoms with E-state index in [1.807, 2.05) is 6.92 Å². The van der Waals surface area contributed by atoms with Crippen LogP contribution in [0.2, 0.25) is 0 Å². The number of rotatable bonds is 2. The van der Waals surface area contributed by atoms with Gasteiger partial charge in [-0.05, 0) is 0 Å². The van der Waals surface area contributed by atoms with Crippen LogP contribution in [0.4, 0.5) is 0 Å². The normalized spacial score (nSPS) is 43.0. The summed E-state index contributed by atoms with van der Waals surface area (Å²) in [7, 11) is 1.53. The Labute approximate surface area is 72.1 Å². The number of ether oxygens (including phenoxy) is 2. The van der Waals surface area contributed by atoms with Gasteiger partial charge in [0.25, 0.3) is 0 Å². The summed E-state index contributed by atoms with van der Waals surface area (Å²) >= 11 is 0. The van der Waals surface area contributed by atoms with E-state index in [1.54, 1.807) is 0 Å². The molecule has 0 amide bonds. The molecule has 1 rings (SSSR count). The van der Waals surface area contributed by atoms with Crippen LogP contribution in [0.15, 0.2) is 0 Å². The van der Waals surface area contributed by atoms with Crippen molar-refractivity contribution in [3.05, 3.63) is 0 Å². The number of aliphatic hydroxyl groups is 2. The molecule has 0 radical (unpaired) electrons. The predicted molar refractivity (Wildman–Crippen MR) is 42.5 cm³/mol. The molecule has 0 bridgehead atoms. The Kier molecular flexibility index (Phi) is 3.46. The molecule has 1 saturated heterocycles. The molecule has 2 N–H and O–H groups in total. The summed E-state index contributed by atoms with van der Waals surface area (Å²) in [6.07, 6.45) is -0.651. The van der Waals surface area contributed by atoms with Crippen LogP contribution < -0.4 is 0 Å². The largest absolute Gasteiger partial charge is 0.394 e. The van der Waals surface area contributed by atoms with Gasteiger partial charge < -0.3 is 19.7 Å². The van der Waals surface area contributed by atoms with Crippen LogP contribution >= 0.6 is 0 Å². The minimum absolute atomic E-state index is 0.0265.